The fraction of sp³-hybridized carbons (Fsp3) is 0.905. The van der Waals surface area contributed by atoms with Crippen LogP contribution in [-0.4, -0.2) is 116 Å². The summed E-state index contributed by atoms with van der Waals surface area (Å²) in [4.78, 5) is 31.1. The number of carbonyl (C=O) groups is 2. The molecule has 0 bridgehead atoms. The monoisotopic (exact) mass is 411 g/mol. The van der Waals surface area contributed by atoms with Crippen LogP contribution in [0.5, 0.6) is 0 Å². The van der Waals surface area contributed by atoms with E-state index in [0.29, 0.717) is 16.9 Å². The van der Waals surface area contributed by atoms with Crippen molar-refractivity contribution in [2.45, 2.75) is 45.4 Å². The molecule has 0 aromatic heterocycles. The molecule has 0 saturated carbocycles. The summed E-state index contributed by atoms with van der Waals surface area (Å²) in [5.41, 5.74) is 0.219. The molecule has 3 fully saturated rings. The van der Waals surface area contributed by atoms with Gasteiger partial charge in [-0.05, 0) is 46.7 Å². The second kappa shape index (κ2) is 8.88. The molecule has 0 aromatic rings. The highest BCUT2D eigenvalue weighted by Crippen LogP contribution is 2.29. The minimum atomic E-state index is -0.201. The van der Waals surface area contributed by atoms with Crippen LogP contribution in [-0.2, 0) is 14.3 Å². The first-order valence-electron chi connectivity index (χ1n) is 10.9. The lowest BCUT2D eigenvalue weighted by Crippen LogP contribution is -2.55. The van der Waals surface area contributed by atoms with E-state index in [1.807, 2.05) is 7.05 Å². The lowest BCUT2D eigenvalue weighted by atomic mass is 9.92. The third-order valence-electron chi connectivity index (χ3n) is 6.86. The van der Waals surface area contributed by atoms with Crippen LogP contribution in [0.2, 0.25) is 0 Å². The fourth-order valence-corrected chi connectivity index (χ4v) is 4.85. The van der Waals surface area contributed by atoms with E-state index in [2.05, 4.69) is 35.5 Å². The highest BCUT2D eigenvalue weighted by Gasteiger charge is 2.49. The van der Waals surface area contributed by atoms with Gasteiger partial charge in [0.05, 0.1) is 27.2 Å². The number of methoxy groups -OCH3 is 1. The number of carbonyl (C=O) groups excluding carboxylic acids is 2. The SMILES string of the molecule is COC(=O)CN1CCN(C2C[N+](C)(CC3CCN(C(C)(C)C)CC3)C(=O)O2)CC1. The Morgan fingerprint density at radius 3 is 2.31 bits per heavy atom. The predicted molar refractivity (Wildman–Crippen MR) is 110 cm³/mol. The van der Waals surface area contributed by atoms with Crippen LogP contribution < -0.4 is 0 Å². The number of ether oxygens (including phenoxy) is 2. The van der Waals surface area contributed by atoms with Crippen molar-refractivity contribution in [3.8, 4) is 0 Å². The van der Waals surface area contributed by atoms with Gasteiger partial charge in [0, 0.05) is 37.6 Å². The second-order valence-electron chi connectivity index (χ2n) is 10.1. The maximum absolute atomic E-state index is 12.7. The van der Waals surface area contributed by atoms with Crippen molar-refractivity contribution in [3.63, 3.8) is 0 Å². The van der Waals surface area contributed by atoms with Crippen LogP contribution in [0.25, 0.3) is 0 Å². The Hall–Kier alpha value is -1.22. The molecule has 0 N–H and O–H groups in total. The smallest absolute Gasteiger partial charge is 0.468 e. The van der Waals surface area contributed by atoms with Gasteiger partial charge in [-0.3, -0.25) is 19.5 Å². The molecule has 3 aliphatic heterocycles. The van der Waals surface area contributed by atoms with Crippen LogP contribution in [0.3, 0.4) is 0 Å². The average Bonchev–Trinajstić information content (AvgIpc) is 2.96. The zero-order valence-corrected chi connectivity index (χ0v) is 18.9. The van der Waals surface area contributed by atoms with Gasteiger partial charge in [-0.15, -0.1) is 0 Å². The molecule has 8 heteroatoms. The number of quaternary nitrogens is 1. The number of amides is 1. The minimum absolute atomic E-state index is 0.0924. The molecule has 166 valence electrons. The average molecular weight is 412 g/mol. The number of piperazine rings is 1. The third kappa shape index (κ3) is 5.48. The first kappa shape index (κ1) is 22.5. The Bertz CT molecular complexity index is 592. The number of hydrogen-bond acceptors (Lipinski definition) is 7. The highest BCUT2D eigenvalue weighted by molar-refractivity contribution is 5.71. The molecule has 3 heterocycles. The Labute approximate surface area is 175 Å². The Balaban J connectivity index is 1.48. The largest absolute Gasteiger partial charge is 0.517 e. The summed E-state index contributed by atoms with van der Waals surface area (Å²) in [6, 6.07) is 0. The molecule has 0 aliphatic carbocycles. The normalized spacial score (nSPS) is 31.1. The van der Waals surface area contributed by atoms with Crippen molar-refractivity contribution in [2.24, 2.45) is 5.92 Å². The van der Waals surface area contributed by atoms with Crippen molar-refractivity contribution >= 4 is 12.1 Å². The maximum atomic E-state index is 12.7. The number of cyclic esters (lactones) is 1. The number of rotatable bonds is 5. The third-order valence-corrected chi connectivity index (χ3v) is 6.86. The van der Waals surface area contributed by atoms with Gasteiger partial charge in [-0.2, -0.15) is 4.79 Å². The maximum Gasteiger partial charge on any atom is 0.517 e. The first-order valence-corrected chi connectivity index (χ1v) is 10.9. The van der Waals surface area contributed by atoms with Crippen molar-refractivity contribution in [2.75, 3.05) is 73.1 Å². The summed E-state index contributed by atoms with van der Waals surface area (Å²) >= 11 is 0. The van der Waals surface area contributed by atoms with Crippen molar-refractivity contribution in [1.29, 1.82) is 0 Å². The molecule has 3 saturated heterocycles. The summed E-state index contributed by atoms with van der Waals surface area (Å²) in [6.07, 6.45) is 2.05. The molecule has 2 unspecified atom stereocenters. The topological polar surface area (TPSA) is 62.3 Å². The van der Waals surface area contributed by atoms with E-state index in [9.17, 15) is 9.59 Å². The number of likely N-dealkylation sites (tertiary alicyclic amines) is 1. The van der Waals surface area contributed by atoms with Gasteiger partial charge in [0.25, 0.3) is 0 Å². The van der Waals surface area contributed by atoms with Crippen LogP contribution >= 0.6 is 0 Å². The molecule has 29 heavy (non-hydrogen) atoms. The summed E-state index contributed by atoms with van der Waals surface area (Å²) in [5, 5.41) is 0. The van der Waals surface area contributed by atoms with E-state index >= 15 is 0 Å². The standard InChI is InChI=1S/C21H39N4O4/c1-21(2,3)24-8-6-17(7-9-24)15-25(4)16-18(29-20(25)27)23-12-10-22(11-13-23)14-19(26)28-5/h17-18H,6-16H2,1-5H3/q+1. The number of likely N-dealkylation sites (N-methyl/N-ethyl adjacent to an activating group) is 1. The lowest BCUT2D eigenvalue weighted by molar-refractivity contribution is -0.828. The van der Waals surface area contributed by atoms with Gasteiger partial charge in [0.2, 0.25) is 6.23 Å². The number of piperidine rings is 1. The van der Waals surface area contributed by atoms with E-state index < -0.39 is 0 Å². The highest BCUT2D eigenvalue weighted by atomic mass is 16.6. The number of esters is 1. The number of hydrogen-bond donors (Lipinski definition) is 0. The predicted octanol–water partition coefficient (Wildman–Crippen LogP) is 1.21. The van der Waals surface area contributed by atoms with Gasteiger partial charge in [-0.1, -0.05) is 0 Å². The Kier molecular flexibility index (Phi) is 6.88. The van der Waals surface area contributed by atoms with Gasteiger partial charge in [0.15, 0.2) is 0 Å². The molecule has 1 amide bonds. The first-order chi connectivity index (χ1) is 13.6. The van der Waals surface area contributed by atoms with E-state index in [4.69, 9.17) is 9.47 Å². The molecule has 0 radical (unpaired) electrons. The van der Waals surface area contributed by atoms with Gasteiger partial charge in [-0.25, -0.2) is 4.48 Å². The summed E-state index contributed by atoms with van der Waals surface area (Å²) in [7, 11) is 3.45. The summed E-state index contributed by atoms with van der Waals surface area (Å²) < 4.78 is 10.9. The Morgan fingerprint density at radius 2 is 1.76 bits per heavy atom. The Morgan fingerprint density at radius 1 is 1.14 bits per heavy atom. The van der Waals surface area contributed by atoms with E-state index in [1.165, 1.54) is 7.11 Å². The number of nitrogens with zero attached hydrogens (tertiary/aromatic N) is 4. The summed E-state index contributed by atoms with van der Waals surface area (Å²) in [6.45, 7) is 14.1. The molecule has 2 atom stereocenters. The fourth-order valence-electron chi connectivity index (χ4n) is 4.85. The minimum Gasteiger partial charge on any atom is -0.468 e. The quantitative estimate of drug-likeness (QED) is 0.498. The zero-order valence-electron chi connectivity index (χ0n) is 18.9. The van der Waals surface area contributed by atoms with Crippen molar-refractivity contribution < 1.29 is 23.5 Å². The van der Waals surface area contributed by atoms with Gasteiger partial charge >= 0.3 is 12.1 Å². The molecule has 3 aliphatic rings. The van der Waals surface area contributed by atoms with Crippen molar-refractivity contribution in [1.82, 2.24) is 14.7 Å². The molecular formula is C21H39N4O4+. The van der Waals surface area contributed by atoms with Crippen molar-refractivity contribution in [3.05, 3.63) is 0 Å². The van der Waals surface area contributed by atoms with Crippen LogP contribution in [0, 0.1) is 5.92 Å². The van der Waals surface area contributed by atoms with E-state index in [1.54, 1.807) is 0 Å². The van der Waals surface area contributed by atoms with Crippen LogP contribution in [0.1, 0.15) is 33.6 Å². The van der Waals surface area contributed by atoms with E-state index in [0.717, 1.165) is 65.2 Å². The molecule has 0 spiro atoms. The van der Waals surface area contributed by atoms with E-state index in [-0.39, 0.29) is 23.8 Å². The zero-order chi connectivity index (χ0) is 21.2. The molecule has 8 nitrogen and oxygen atoms in total. The van der Waals surface area contributed by atoms with Crippen LogP contribution in [0.4, 0.5) is 4.79 Å². The van der Waals surface area contributed by atoms with Gasteiger partial charge in [0.1, 0.15) is 6.54 Å². The summed E-state index contributed by atoms with van der Waals surface area (Å²) in [5.74, 6) is 0.370. The molecular weight excluding hydrogens is 372 g/mol. The molecule has 0 aromatic carbocycles. The van der Waals surface area contributed by atoms with Crippen LogP contribution in [0.15, 0.2) is 0 Å². The molecule has 3 rings (SSSR count). The van der Waals surface area contributed by atoms with Gasteiger partial charge < -0.3 is 9.47 Å². The second-order valence-corrected chi connectivity index (χ2v) is 10.1. The lowest BCUT2D eigenvalue weighted by Gasteiger charge is -2.41.